The number of ether oxygens (including phenoxy) is 1. The van der Waals surface area contributed by atoms with E-state index in [0.29, 0.717) is 6.54 Å². The van der Waals surface area contributed by atoms with Gasteiger partial charge >= 0.3 is 6.03 Å². The highest BCUT2D eigenvalue weighted by atomic mass is 16.5. The average Bonchev–Trinajstić information content (AvgIpc) is 2.48. The standard InChI is InChI=1S/C16H24N2O3/c1-11-9-12(7-8-15(11)21-2)10-17-16(20)18-13-5-3-4-6-14(13)19/h7-9,13-14,19H,3-6,10H2,1-2H3,(H2,17,18,20). The number of carbonyl (C=O) groups is 1. The maximum atomic E-state index is 11.9. The molecule has 0 spiro atoms. The summed E-state index contributed by atoms with van der Waals surface area (Å²) in [4.78, 5) is 11.9. The third kappa shape index (κ3) is 4.36. The van der Waals surface area contributed by atoms with Gasteiger partial charge in [0.2, 0.25) is 0 Å². The van der Waals surface area contributed by atoms with Gasteiger partial charge in [0.1, 0.15) is 5.75 Å². The van der Waals surface area contributed by atoms with E-state index in [4.69, 9.17) is 4.74 Å². The van der Waals surface area contributed by atoms with Gasteiger partial charge in [0.25, 0.3) is 0 Å². The molecule has 21 heavy (non-hydrogen) atoms. The number of hydrogen-bond acceptors (Lipinski definition) is 3. The van der Waals surface area contributed by atoms with Crippen LogP contribution in [0.1, 0.15) is 36.8 Å². The highest BCUT2D eigenvalue weighted by Crippen LogP contribution is 2.19. The van der Waals surface area contributed by atoms with Crippen LogP contribution >= 0.6 is 0 Å². The van der Waals surface area contributed by atoms with Crippen LogP contribution in [0.3, 0.4) is 0 Å². The number of nitrogens with one attached hydrogen (secondary N) is 2. The Balaban J connectivity index is 1.82. The third-order valence-corrected chi connectivity index (χ3v) is 3.96. The van der Waals surface area contributed by atoms with E-state index < -0.39 is 6.10 Å². The predicted octanol–water partition coefficient (Wildman–Crippen LogP) is 2.11. The topological polar surface area (TPSA) is 70.6 Å². The fraction of sp³-hybridized carbons (Fsp3) is 0.562. The average molecular weight is 292 g/mol. The van der Waals surface area contributed by atoms with E-state index in [1.165, 1.54) is 0 Å². The van der Waals surface area contributed by atoms with Crippen LogP contribution in [0.25, 0.3) is 0 Å². The molecule has 0 bridgehead atoms. The summed E-state index contributed by atoms with van der Waals surface area (Å²) in [6.07, 6.45) is 3.28. The van der Waals surface area contributed by atoms with E-state index in [2.05, 4.69) is 10.6 Å². The normalized spacial score (nSPS) is 21.7. The molecule has 0 radical (unpaired) electrons. The Morgan fingerprint density at radius 3 is 2.81 bits per heavy atom. The van der Waals surface area contributed by atoms with Crippen LogP contribution in [0.5, 0.6) is 5.75 Å². The second kappa shape index (κ2) is 7.31. The molecule has 2 amide bonds. The fourth-order valence-electron chi connectivity index (χ4n) is 2.73. The van der Waals surface area contributed by atoms with Crippen molar-refractivity contribution in [1.29, 1.82) is 0 Å². The number of aryl methyl sites for hydroxylation is 1. The van der Waals surface area contributed by atoms with E-state index >= 15 is 0 Å². The lowest BCUT2D eigenvalue weighted by Gasteiger charge is -2.28. The third-order valence-electron chi connectivity index (χ3n) is 3.96. The highest BCUT2D eigenvalue weighted by molar-refractivity contribution is 5.74. The molecule has 1 aromatic carbocycles. The van der Waals surface area contributed by atoms with E-state index in [1.807, 2.05) is 25.1 Å². The molecule has 1 aromatic rings. The molecule has 5 heteroatoms. The number of methoxy groups -OCH3 is 1. The zero-order valence-electron chi connectivity index (χ0n) is 12.7. The Morgan fingerprint density at radius 2 is 2.14 bits per heavy atom. The Bertz CT molecular complexity index is 490. The summed E-state index contributed by atoms with van der Waals surface area (Å²) in [5.74, 6) is 0.841. The first-order valence-corrected chi connectivity index (χ1v) is 7.46. The van der Waals surface area contributed by atoms with Gasteiger partial charge in [0, 0.05) is 6.54 Å². The minimum Gasteiger partial charge on any atom is -0.496 e. The molecule has 116 valence electrons. The van der Waals surface area contributed by atoms with Crippen LogP contribution in [0.15, 0.2) is 18.2 Å². The Kier molecular flexibility index (Phi) is 5.44. The molecule has 0 aromatic heterocycles. The lowest BCUT2D eigenvalue weighted by Crippen LogP contribution is -2.48. The Hall–Kier alpha value is -1.75. The number of amides is 2. The zero-order valence-corrected chi connectivity index (χ0v) is 12.7. The van der Waals surface area contributed by atoms with E-state index in [1.54, 1.807) is 7.11 Å². The van der Waals surface area contributed by atoms with Crippen molar-refractivity contribution >= 4 is 6.03 Å². The molecule has 1 aliphatic rings. The van der Waals surface area contributed by atoms with Crippen LogP contribution in [0.4, 0.5) is 4.79 Å². The van der Waals surface area contributed by atoms with Crippen molar-refractivity contribution in [3.05, 3.63) is 29.3 Å². The molecule has 2 unspecified atom stereocenters. The van der Waals surface area contributed by atoms with Gasteiger partial charge < -0.3 is 20.5 Å². The summed E-state index contributed by atoms with van der Waals surface area (Å²) in [7, 11) is 1.64. The number of urea groups is 1. The summed E-state index contributed by atoms with van der Waals surface area (Å²) in [6, 6.07) is 5.47. The summed E-state index contributed by atoms with van der Waals surface area (Å²) in [6.45, 7) is 2.43. The van der Waals surface area contributed by atoms with Crippen LogP contribution in [0.2, 0.25) is 0 Å². The van der Waals surface area contributed by atoms with Gasteiger partial charge in [-0.2, -0.15) is 0 Å². The minimum atomic E-state index is -0.423. The summed E-state index contributed by atoms with van der Waals surface area (Å²) in [5, 5.41) is 15.5. The van der Waals surface area contributed by atoms with Crippen LogP contribution in [-0.2, 0) is 6.54 Å². The second-order valence-electron chi connectivity index (χ2n) is 5.59. The fourth-order valence-corrected chi connectivity index (χ4v) is 2.73. The van der Waals surface area contributed by atoms with Gasteiger partial charge in [-0.1, -0.05) is 25.0 Å². The molecule has 0 aliphatic heterocycles. The first kappa shape index (κ1) is 15.6. The number of hydrogen-bond donors (Lipinski definition) is 3. The number of carbonyl (C=O) groups excluding carboxylic acids is 1. The molecule has 1 saturated carbocycles. The summed E-state index contributed by atoms with van der Waals surface area (Å²) in [5.41, 5.74) is 2.06. The first-order chi connectivity index (χ1) is 10.1. The zero-order chi connectivity index (χ0) is 15.2. The van der Waals surface area contributed by atoms with Gasteiger partial charge in [-0.15, -0.1) is 0 Å². The molecule has 1 aliphatic carbocycles. The second-order valence-corrected chi connectivity index (χ2v) is 5.59. The SMILES string of the molecule is COc1ccc(CNC(=O)NC2CCCCC2O)cc1C. The monoisotopic (exact) mass is 292 g/mol. The van der Waals surface area contributed by atoms with E-state index in [0.717, 1.165) is 42.6 Å². The number of rotatable bonds is 4. The van der Waals surface area contributed by atoms with Crippen molar-refractivity contribution in [3.63, 3.8) is 0 Å². The van der Waals surface area contributed by atoms with Gasteiger partial charge in [0.05, 0.1) is 19.3 Å². The van der Waals surface area contributed by atoms with Crippen molar-refractivity contribution < 1.29 is 14.6 Å². The summed E-state index contributed by atoms with van der Waals surface area (Å²) < 4.78 is 5.21. The smallest absolute Gasteiger partial charge is 0.315 e. The molecular weight excluding hydrogens is 268 g/mol. The van der Waals surface area contributed by atoms with Crippen LogP contribution < -0.4 is 15.4 Å². The minimum absolute atomic E-state index is 0.128. The quantitative estimate of drug-likeness (QED) is 0.796. The van der Waals surface area contributed by atoms with E-state index in [-0.39, 0.29) is 12.1 Å². The Morgan fingerprint density at radius 1 is 1.38 bits per heavy atom. The molecule has 0 saturated heterocycles. The Labute approximate surface area is 125 Å². The molecule has 1 fully saturated rings. The van der Waals surface area contributed by atoms with Crippen molar-refractivity contribution in [2.45, 2.75) is 51.3 Å². The predicted molar refractivity (Wildman–Crippen MR) is 81.4 cm³/mol. The van der Waals surface area contributed by atoms with Crippen molar-refractivity contribution in [3.8, 4) is 5.75 Å². The van der Waals surface area contributed by atoms with Gasteiger partial charge in [0.15, 0.2) is 0 Å². The number of aliphatic hydroxyl groups is 1. The van der Waals surface area contributed by atoms with Crippen molar-refractivity contribution in [2.75, 3.05) is 7.11 Å². The molecule has 0 heterocycles. The number of benzene rings is 1. The number of aliphatic hydroxyl groups excluding tert-OH is 1. The summed E-state index contributed by atoms with van der Waals surface area (Å²) >= 11 is 0. The maximum absolute atomic E-state index is 11.9. The van der Waals surface area contributed by atoms with Gasteiger partial charge in [-0.05, 0) is 37.0 Å². The van der Waals surface area contributed by atoms with Gasteiger partial charge in [-0.3, -0.25) is 0 Å². The maximum Gasteiger partial charge on any atom is 0.315 e. The lowest BCUT2D eigenvalue weighted by molar-refractivity contribution is 0.0943. The van der Waals surface area contributed by atoms with Crippen molar-refractivity contribution in [1.82, 2.24) is 10.6 Å². The molecule has 3 N–H and O–H groups in total. The molecular formula is C16H24N2O3. The largest absolute Gasteiger partial charge is 0.496 e. The van der Waals surface area contributed by atoms with Crippen LogP contribution in [0, 0.1) is 6.92 Å². The lowest BCUT2D eigenvalue weighted by atomic mass is 9.93. The van der Waals surface area contributed by atoms with Gasteiger partial charge in [-0.25, -0.2) is 4.79 Å². The van der Waals surface area contributed by atoms with E-state index in [9.17, 15) is 9.90 Å². The highest BCUT2D eigenvalue weighted by Gasteiger charge is 2.24. The molecule has 2 atom stereocenters. The molecule has 5 nitrogen and oxygen atoms in total. The van der Waals surface area contributed by atoms with Crippen LogP contribution in [-0.4, -0.2) is 30.4 Å². The molecule has 2 rings (SSSR count). The van der Waals surface area contributed by atoms with Crippen molar-refractivity contribution in [2.24, 2.45) is 0 Å². The first-order valence-electron chi connectivity index (χ1n) is 7.46.